The maximum absolute atomic E-state index is 4.02. The molecule has 1 N–H and O–H groups in total. The van der Waals surface area contributed by atoms with Crippen molar-refractivity contribution < 1.29 is 0 Å². The van der Waals surface area contributed by atoms with Gasteiger partial charge in [-0.2, -0.15) is 0 Å². The van der Waals surface area contributed by atoms with Crippen molar-refractivity contribution in [1.29, 1.82) is 0 Å². The third-order valence-corrected chi connectivity index (χ3v) is 0.850. The van der Waals surface area contributed by atoms with Crippen LogP contribution in [0.2, 0.25) is 0 Å². The summed E-state index contributed by atoms with van der Waals surface area (Å²) < 4.78 is 0. The molecule has 0 heterocycles. The molecule has 0 radical (unpaired) electrons. The van der Waals surface area contributed by atoms with Crippen molar-refractivity contribution in [2.24, 2.45) is 4.99 Å². The molecule has 0 aliphatic rings. The highest BCUT2D eigenvalue weighted by molar-refractivity contribution is 5.53. The first-order chi connectivity index (χ1) is 3.91. The molecule has 0 aromatic heterocycles. The lowest BCUT2D eigenvalue weighted by atomic mass is 10.6. The van der Waals surface area contributed by atoms with Crippen LogP contribution in [0.3, 0.4) is 0 Å². The van der Waals surface area contributed by atoms with E-state index >= 15 is 0 Å². The number of likely N-dealkylation sites (N-methyl/N-ethyl adjacent to an activating group) is 1. The second kappa shape index (κ2) is 6.63. The fraction of sp³-hybridized carbons (Fsp3) is 0.833. The first-order valence-corrected chi connectivity index (χ1v) is 3.07. The number of nitrogens with one attached hydrogen (secondary N) is 1. The highest BCUT2D eigenvalue weighted by Crippen LogP contribution is 1.63. The number of hydrogen-bond donors (Lipinski definition) is 1. The molecule has 0 unspecified atom stereocenters. The van der Waals surface area contributed by atoms with Crippen LogP contribution in [0.25, 0.3) is 0 Å². The van der Waals surface area contributed by atoms with Gasteiger partial charge in [0.25, 0.3) is 0 Å². The lowest BCUT2D eigenvalue weighted by Gasteiger charge is -1.93. The molecule has 0 atom stereocenters. The molecule has 0 saturated heterocycles. The number of aliphatic imine (C=N–C) groups is 1. The lowest BCUT2D eigenvalue weighted by molar-refractivity contribution is 0.726. The third-order valence-electron chi connectivity index (χ3n) is 0.850. The molecule has 2 nitrogen and oxygen atoms in total. The van der Waals surface area contributed by atoms with E-state index in [4.69, 9.17) is 0 Å². The average molecular weight is 114 g/mol. The Morgan fingerprint density at radius 2 is 2.38 bits per heavy atom. The highest BCUT2D eigenvalue weighted by atomic mass is 14.9. The van der Waals surface area contributed by atoms with Gasteiger partial charge in [0.2, 0.25) is 0 Å². The molecule has 2 heteroatoms. The summed E-state index contributed by atoms with van der Waals surface area (Å²) in [5, 5.41) is 3.17. The van der Waals surface area contributed by atoms with Gasteiger partial charge in [-0.15, -0.1) is 0 Å². The van der Waals surface area contributed by atoms with E-state index in [0.717, 1.165) is 19.6 Å². The van der Waals surface area contributed by atoms with Crippen LogP contribution < -0.4 is 5.32 Å². The molecule has 0 aliphatic carbocycles. The molecule has 0 rings (SSSR count). The molecule has 0 saturated carbocycles. The van der Waals surface area contributed by atoms with Crippen molar-refractivity contribution in [2.45, 2.75) is 13.8 Å². The molecule has 0 bridgehead atoms. The summed E-state index contributed by atoms with van der Waals surface area (Å²) in [6.07, 6.45) is 1.83. The summed E-state index contributed by atoms with van der Waals surface area (Å²) >= 11 is 0. The Bertz CT molecular complexity index is 59.5. The summed E-state index contributed by atoms with van der Waals surface area (Å²) in [6.45, 7) is 6.98. The second-order valence-corrected chi connectivity index (χ2v) is 1.52. The molecule has 48 valence electrons. The van der Waals surface area contributed by atoms with Gasteiger partial charge in [0, 0.05) is 6.54 Å². The smallest absolute Gasteiger partial charge is 0.0510 e. The summed E-state index contributed by atoms with van der Waals surface area (Å²) in [5.74, 6) is 0. The Balaban J connectivity index is 2.72. The van der Waals surface area contributed by atoms with Crippen LogP contribution in [0.15, 0.2) is 4.99 Å². The molecule has 0 fully saturated rings. The Morgan fingerprint density at radius 1 is 1.62 bits per heavy atom. The SMILES string of the molecule is C/C=N/CCNCC. The van der Waals surface area contributed by atoms with Crippen LogP contribution in [0.1, 0.15) is 13.8 Å². The molecule has 0 aromatic rings. The predicted octanol–water partition coefficient (Wildman–Crippen LogP) is 0.687. The molecule has 8 heavy (non-hydrogen) atoms. The van der Waals surface area contributed by atoms with E-state index in [9.17, 15) is 0 Å². The Hall–Kier alpha value is -0.370. The topological polar surface area (TPSA) is 24.4 Å². The van der Waals surface area contributed by atoms with Gasteiger partial charge in [0.05, 0.1) is 6.54 Å². The van der Waals surface area contributed by atoms with E-state index in [1.54, 1.807) is 0 Å². The van der Waals surface area contributed by atoms with E-state index in [1.807, 2.05) is 13.1 Å². The third kappa shape index (κ3) is 5.63. The zero-order valence-electron chi connectivity index (χ0n) is 5.65. The van der Waals surface area contributed by atoms with Gasteiger partial charge in [-0.05, 0) is 19.7 Å². The first kappa shape index (κ1) is 7.63. The van der Waals surface area contributed by atoms with Gasteiger partial charge in [0.1, 0.15) is 0 Å². The summed E-state index contributed by atoms with van der Waals surface area (Å²) in [7, 11) is 0. The van der Waals surface area contributed by atoms with Gasteiger partial charge in [-0.3, -0.25) is 4.99 Å². The van der Waals surface area contributed by atoms with Crippen molar-refractivity contribution in [3.8, 4) is 0 Å². The normalized spacial score (nSPS) is 10.8. The molecule has 0 spiro atoms. The Morgan fingerprint density at radius 3 is 2.88 bits per heavy atom. The quantitative estimate of drug-likeness (QED) is 0.422. The summed E-state index contributed by atoms with van der Waals surface area (Å²) in [5.41, 5.74) is 0. The molecule has 0 aliphatic heterocycles. The van der Waals surface area contributed by atoms with E-state index < -0.39 is 0 Å². The predicted molar refractivity (Wildman–Crippen MR) is 37.6 cm³/mol. The fourth-order valence-electron chi connectivity index (χ4n) is 0.449. The van der Waals surface area contributed by atoms with E-state index in [1.165, 1.54) is 0 Å². The van der Waals surface area contributed by atoms with Gasteiger partial charge in [-0.1, -0.05) is 6.92 Å². The van der Waals surface area contributed by atoms with Crippen molar-refractivity contribution in [3.05, 3.63) is 0 Å². The molecular weight excluding hydrogens is 100 g/mol. The van der Waals surface area contributed by atoms with Crippen molar-refractivity contribution in [3.63, 3.8) is 0 Å². The minimum absolute atomic E-state index is 0.907. The highest BCUT2D eigenvalue weighted by Gasteiger charge is 1.75. The maximum atomic E-state index is 4.02. The number of rotatable bonds is 4. The van der Waals surface area contributed by atoms with Crippen LogP contribution in [-0.2, 0) is 0 Å². The second-order valence-electron chi connectivity index (χ2n) is 1.52. The standard InChI is InChI=1S/C6H14N2/c1-3-7-5-6-8-4-2/h3,8H,4-6H2,1-2H3/b7-3+. The van der Waals surface area contributed by atoms with Gasteiger partial charge < -0.3 is 5.32 Å². The zero-order chi connectivity index (χ0) is 6.24. The fourth-order valence-corrected chi connectivity index (χ4v) is 0.449. The van der Waals surface area contributed by atoms with Crippen LogP contribution in [0.5, 0.6) is 0 Å². The van der Waals surface area contributed by atoms with Gasteiger partial charge in [0.15, 0.2) is 0 Å². The lowest BCUT2D eigenvalue weighted by Crippen LogP contribution is -2.16. The zero-order valence-corrected chi connectivity index (χ0v) is 5.65. The van der Waals surface area contributed by atoms with Crippen molar-refractivity contribution in [1.82, 2.24) is 5.32 Å². The van der Waals surface area contributed by atoms with Crippen molar-refractivity contribution >= 4 is 6.21 Å². The maximum Gasteiger partial charge on any atom is 0.0510 e. The monoisotopic (exact) mass is 114 g/mol. The molecular formula is C6H14N2. The average Bonchev–Trinajstić information content (AvgIpc) is 1.81. The van der Waals surface area contributed by atoms with Gasteiger partial charge >= 0.3 is 0 Å². The molecule has 0 amide bonds. The van der Waals surface area contributed by atoms with Crippen LogP contribution in [0.4, 0.5) is 0 Å². The van der Waals surface area contributed by atoms with Gasteiger partial charge in [-0.25, -0.2) is 0 Å². The summed E-state index contributed by atoms with van der Waals surface area (Å²) in [4.78, 5) is 4.02. The minimum Gasteiger partial charge on any atom is -0.315 e. The summed E-state index contributed by atoms with van der Waals surface area (Å²) in [6, 6.07) is 0. The van der Waals surface area contributed by atoms with Crippen molar-refractivity contribution in [2.75, 3.05) is 19.6 Å². The van der Waals surface area contributed by atoms with Crippen LogP contribution in [0, 0.1) is 0 Å². The van der Waals surface area contributed by atoms with E-state index in [2.05, 4.69) is 17.2 Å². The first-order valence-electron chi connectivity index (χ1n) is 3.07. The largest absolute Gasteiger partial charge is 0.315 e. The van der Waals surface area contributed by atoms with E-state index in [-0.39, 0.29) is 0 Å². The van der Waals surface area contributed by atoms with Crippen LogP contribution >= 0.6 is 0 Å². The number of nitrogens with zero attached hydrogens (tertiary/aromatic N) is 1. The number of hydrogen-bond acceptors (Lipinski definition) is 2. The minimum atomic E-state index is 0.907. The van der Waals surface area contributed by atoms with E-state index in [0.29, 0.717) is 0 Å². The van der Waals surface area contributed by atoms with Crippen LogP contribution in [-0.4, -0.2) is 25.8 Å². The Labute approximate surface area is 51.0 Å². The Kier molecular flexibility index (Phi) is 6.32. The molecule has 0 aromatic carbocycles.